The maximum atomic E-state index is 14.3. The van der Waals surface area contributed by atoms with E-state index in [0.717, 1.165) is 10.5 Å². The molecule has 0 radical (unpaired) electrons. The number of likely N-dealkylation sites (N-methyl/N-ethyl adjacent to an activating group) is 1. The SMILES string of the molecule is COc1ccc(N2C(=O)N(C)C(=O)C23CCN(C(=O)[C@H](NC(=O)c2cc(C)ccc2F)C(C)C)CC3)cn1. The highest BCUT2D eigenvalue weighted by Gasteiger charge is 2.58. The second-order valence-corrected chi connectivity index (χ2v) is 10.1. The van der Waals surface area contributed by atoms with Gasteiger partial charge in [-0.3, -0.25) is 24.2 Å². The third-order valence-electron chi connectivity index (χ3n) is 7.29. The van der Waals surface area contributed by atoms with Crippen molar-refractivity contribution >= 4 is 29.4 Å². The zero-order chi connectivity index (χ0) is 27.8. The summed E-state index contributed by atoms with van der Waals surface area (Å²) in [5.74, 6) is -1.87. The molecular formula is C27H32FN5O5. The van der Waals surface area contributed by atoms with Crippen LogP contribution in [0, 0.1) is 18.7 Å². The predicted molar refractivity (Wildman–Crippen MR) is 137 cm³/mol. The van der Waals surface area contributed by atoms with E-state index in [2.05, 4.69) is 10.3 Å². The number of ether oxygens (including phenoxy) is 1. The van der Waals surface area contributed by atoms with E-state index in [0.29, 0.717) is 11.6 Å². The first-order chi connectivity index (χ1) is 18.0. The third kappa shape index (κ3) is 4.68. The molecule has 2 saturated heterocycles. The second kappa shape index (κ2) is 10.4. The molecule has 2 aliphatic heterocycles. The summed E-state index contributed by atoms with van der Waals surface area (Å²) in [7, 11) is 2.93. The van der Waals surface area contributed by atoms with E-state index >= 15 is 0 Å². The fourth-order valence-electron chi connectivity index (χ4n) is 5.09. The van der Waals surface area contributed by atoms with Crippen LogP contribution in [0.1, 0.15) is 42.6 Å². The Balaban J connectivity index is 1.52. The zero-order valence-corrected chi connectivity index (χ0v) is 22.2. The molecule has 2 aliphatic rings. The number of urea groups is 1. The summed E-state index contributed by atoms with van der Waals surface area (Å²) < 4.78 is 19.4. The van der Waals surface area contributed by atoms with Gasteiger partial charge in [0, 0.05) is 26.2 Å². The van der Waals surface area contributed by atoms with Crippen LogP contribution >= 0.6 is 0 Å². The molecule has 1 spiro atoms. The van der Waals surface area contributed by atoms with E-state index in [1.54, 1.807) is 43.9 Å². The molecule has 2 fully saturated rings. The Kier molecular flexibility index (Phi) is 7.39. The van der Waals surface area contributed by atoms with Crippen LogP contribution in [-0.4, -0.2) is 77.4 Å². The Morgan fingerprint density at radius 1 is 1.13 bits per heavy atom. The van der Waals surface area contributed by atoms with Crippen molar-refractivity contribution in [3.05, 3.63) is 53.5 Å². The Morgan fingerprint density at radius 3 is 2.39 bits per heavy atom. The molecule has 10 nitrogen and oxygen atoms in total. The van der Waals surface area contributed by atoms with Crippen LogP contribution in [0.25, 0.3) is 0 Å². The highest BCUT2D eigenvalue weighted by Crippen LogP contribution is 2.40. The van der Waals surface area contributed by atoms with Crippen LogP contribution in [0.4, 0.5) is 14.9 Å². The number of carbonyl (C=O) groups is 4. The quantitative estimate of drug-likeness (QED) is 0.581. The van der Waals surface area contributed by atoms with Crippen molar-refractivity contribution in [1.82, 2.24) is 20.1 Å². The van der Waals surface area contributed by atoms with E-state index in [9.17, 15) is 23.6 Å². The number of pyridine rings is 1. The van der Waals surface area contributed by atoms with Crippen LogP contribution in [0.3, 0.4) is 0 Å². The van der Waals surface area contributed by atoms with Crippen LogP contribution < -0.4 is 15.0 Å². The number of anilines is 1. The van der Waals surface area contributed by atoms with Gasteiger partial charge in [0.15, 0.2) is 0 Å². The number of hydrogen-bond acceptors (Lipinski definition) is 6. The lowest BCUT2D eigenvalue weighted by atomic mass is 9.85. The number of rotatable bonds is 6. The van der Waals surface area contributed by atoms with E-state index < -0.39 is 29.3 Å². The number of halogens is 1. The van der Waals surface area contributed by atoms with Gasteiger partial charge >= 0.3 is 6.03 Å². The molecule has 1 aromatic carbocycles. The molecule has 202 valence electrons. The lowest BCUT2D eigenvalue weighted by Gasteiger charge is -2.43. The normalized spacial score (nSPS) is 17.8. The zero-order valence-electron chi connectivity index (χ0n) is 22.2. The van der Waals surface area contributed by atoms with Gasteiger partial charge in [-0.25, -0.2) is 14.2 Å². The number of nitrogens with zero attached hydrogens (tertiary/aromatic N) is 4. The summed E-state index contributed by atoms with van der Waals surface area (Å²) >= 11 is 0. The maximum Gasteiger partial charge on any atom is 0.331 e. The van der Waals surface area contributed by atoms with Gasteiger partial charge in [-0.1, -0.05) is 25.5 Å². The van der Waals surface area contributed by atoms with Gasteiger partial charge < -0.3 is 15.0 Å². The van der Waals surface area contributed by atoms with Crippen molar-refractivity contribution in [2.45, 2.75) is 45.2 Å². The summed E-state index contributed by atoms with van der Waals surface area (Å²) in [6.45, 7) is 5.75. The van der Waals surface area contributed by atoms with Crippen LogP contribution in [-0.2, 0) is 9.59 Å². The number of methoxy groups -OCH3 is 1. The van der Waals surface area contributed by atoms with Gasteiger partial charge in [0.1, 0.15) is 17.4 Å². The first-order valence-electron chi connectivity index (χ1n) is 12.5. The summed E-state index contributed by atoms with van der Waals surface area (Å²) in [5.41, 5.74) is -0.0912. The molecule has 0 unspecified atom stereocenters. The average Bonchev–Trinajstić information content (AvgIpc) is 3.08. The Hall–Kier alpha value is -4.02. The predicted octanol–water partition coefficient (Wildman–Crippen LogP) is 2.75. The Bertz CT molecular complexity index is 1260. The third-order valence-corrected chi connectivity index (χ3v) is 7.29. The molecule has 38 heavy (non-hydrogen) atoms. The number of piperidine rings is 1. The largest absolute Gasteiger partial charge is 0.481 e. The number of nitrogens with one attached hydrogen (secondary N) is 1. The number of aromatic nitrogens is 1. The second-order valence-electron chi connectivity index (χ2n) is 10.1. The van der Waals surface area contributed by atoms with Crippen molar-refractivity contribution in [3.63, 3.8) is 0 Å². The number of likely N-dealkylation sites (tertiary alicyclic amines) is 1. The Morgan fingerprint density at radius 2 is 1.82 bits per heavy atom. The summed E-state index contributed by atoms with van der Waals surface area (Å²) in [4.78, 5) is 61.1. The van der Waals surface area contributed by atoms with Crippen molar-refractivity contribution < 1.29 is 28.3 Å². The summed E-state index contributed by atoms with van der Waals surface area (Å²) in [5, 5.41) is 2.70. The summed E-state index contributed by atoms with van der Waals surface area (Å²) in [6.07, 6.45) is 1.91. The van der Waals surface area contributed by atoms with Crippen molar-refractivity contribution in [2.75, 3.05) is 32.1 Å². The molecule has 1 atom stereocenters. The van der Waals surface area contributed by atoms with Gasteiger partial charge in [-0.15, -0.1) is 0 Å². The fourth-order valence-corrected chi connectivity index (χ4v) is 5.09. The van der Waals surface area contributed by atoms with E-state index in [1.807, 2.05) is 0 Å². The topological polar surface area (TPSA) is 112 Å². The minimum Gasteiger partial charge on any atom is -0.481 e. The van der Waals surface area contributed by atoms with Crippen molar-refractivity contribution in [1.29, 1.82) is 0 Å². The number of carbonyl (C=O) groups excluding carboxylic acids is 4. The molecule has 5 amide bonds. The first kappa shape index (κ1) is 27.0. The monoisotopic (exact) mass is 525 g/mol. The number of imide groups is 1. The van der Waals surface area contributed by atoms with Gasteiger partial charge in [-0.05, 0) is 43.9 Å². The highest BCUT2D eigenvalue weighted by molar-refractivity contribution is 6.16. The standard InChI is InChI=1S/C27H32FN5O5/c1-16(2)22(30-23(34)19-14-17(3)6-8-20(19)28)24(35)32-12-10-27(11-13-32)25(36)31(4)26(37)33(27)18-7-9-21(38-5)29-15-18/h6-9,14-16,22H,10-13H2,1-5H3,(H,30,34)/t22-/m1/s1. The van der Waals surface area contributed by atoms with E-state index in [-0.39, 0.29) is 49.2 Å². The minimum absolute atomic E-state index is 0.122. The molecule has 2 aromatic rings. The molecule has 1 N–H and O–H groups in total. The molecule has 3 heterocycles. The number of benzene rings is 1. The number of hydrogen-bond donors (Lipinski definition) is 1. The van der Waals surface area contributed by atoms with Crippen LogP contribution in [0.5, 0.6) is 5.88 Å². The Labute approximate surface area is 220 Å². The fraction of sp³-hybridized carbons (Fsp3) is 0.444. The number of amides is 5. The van der Waals surface area contributed by atoms with Gasteiger partial charge in [0.05, 0.1) is 24.6 Å². The smallest absolute Gasteiger partial charge is 0.331 e. The van der Waals surface area contributed by atoms with E-state index in [4.69, 9.17) is 4.74 Å². The molecule has 1 aromatic heterocycles. The molecule has 0 aliphatic carbocycles. The summed E-state index contributed by atoms with van der Waals surface area (Å²) in [6, 6.07) is 6.17. The molecule has 11 heteroatoms. The molecular weight excluding hydrogens is 493 g/mol. The highest BCUT2D eigenvalue weighted by atomic mass is 19.1. The van der Waals surface area contributed by atoms with Gasteiger partial charge in [-0.2, -0.15) is 0 Å². The average molecular weight is 526 g/mol. The molecule has 0 bridgehead atoms. The first-order valence-corrected chi connectivity index (χ1v) is 12.5. The van der Waals surface area contributed by atoms with Crippen LogP contribution in [0.15, 0.2) is 36.5 Å². The van der Waals surface area contributed by atoms with Crippen molar-refractivity contribution in [2.24, 2.45) is 5.92 Å². The lowest BCUT2D eigenvalue weighted by molar-refractivity contribution is -0.139. The van der Waals surface area contributed by atoms with Gasteiger partial charge in [0.2, 0.25) is 11.8 Å². The number of aryl methyl sites for hydroxylation is 1. The minimum atomic E-state index is -1.15. The molecule has 4 rings (SSSR count). The maximum absolute atomic E-state index is 14.3. The van der Waals surface area contributed by atoms with E-state index in [1.165, 1.54) is 37.4 Å². The van der Waals surface area contributed by atoms with Crippen molar-refractivity contribution in [3.8, 4) is 5.88 Å². The molecule has 0 saturated carbocycles. The van der Waals surface area contributed by atoms with Gasteiger partial charge in [0.25, 0.3) is 11.8 Å². The van der Waals surface area contributed by atoms with Crippen LogP contribution in [0.2, 0.25) is 0 Å². The lowest BCUT2D eigenvalue weighted by Crippen LogP contribution is -2.60.